The molecular weight excluding hydrogens is 468 g/mol. The van der Waals surface area contributed by atoms with Gasteiger partial charge in [0.25, 0.3) is 0 Å². The zero-order valence-electron chi connectivity index (χ0n) is 18.9. The van der Waals surface area contributed by atoms with Gasteiger partial charge in [-0.15, -0.1) is 0 Å². The van der Waals surface area contributed by atoms with Crippen molar-refractivity contribution in [2.24, 2.45) is 32.9 Å². The van der Waals surface area contributed by atoms with Gasteiger partial charge in [-0.05, 0) is 28.5 Å². The van der Waals surface area contributed by atoms with E-state index in [0.717, 1.165) is 27.3 Å². The summed E-state index contributed by atoms with van der Waals surface area (Å²) in [7, 11) is 0. The van der Waals surface area contributed by atoms with Crippen molar-refractivity contribution >= 4 is 39.4 Å². The Kier molecular flexibility index (Phi) is 4.93. The summed E-state index contributed by atoms with van der Waals surface area (Å²) in [5, 5.41) is 8.68. The van der Waals surface area contributed by atoms with Gasteiger partial charge in [0.1, 0.15) is 11.5 Å². The van der Waals surface area contributed by atoms with E-state index >= 15 is 0 Å². The van der Waals surface area contributed by atoms with Gasteiger partial charge in [0, 0.05) is 53.4 Å². The van der Waals surface area contributed by atoms with Gasteiger partial charge in [0.05, 0.1) is 11.6 Å². The molecule has 2 aliphatic heterocycles. The van der Waals surface area contributed by atoms with Crippen LogP contribution in [0.25, 0.3) is 0 Å². The van der Waals surface area contributed by atoms with Crippen LogP contribution in [0.5, 0.6) is 0 Å². The van der Waals surface area contributed by atoms with Crippen molar-refractivity contribution < 1.29 is 14.3 Å². The number of allylic oxidation sites excluding steroid dienone is 4. The summed E-state index contributed by atoms with van der Waals surface area (Å²) >= 11 is 3.48. The van der Waals surface area contributed by atoms with Crippen LogP contribution in [0, 0.1) is 22.7 Å². The minimum atomic E-state index is -0.394. The predicted octanol–water partition coefficient (Wildman–Crippen LogP) is 5.79. The van der Waals surface area contributed by atoms with Crippen molar-refractivity contribution in [2.75, 3.05) is 0 Å². The summed E-state index contributed by atoms with van der Waals surface area (Å²) in [6, 6.07) is 7.92. The number of halogens is 1. The molecule has 1 atom stereocenters. The van der Waals surface area contributed by atoms with E-state index < -0.39 is 5.92 Å². The molecule has 6 heteroatoms. The van der Waals surface area contributed by atoms with Gasteiger partial charge in [0.2, 0.25) is 0 Å². The zero-order chi connectivity index (χ0) is 22.8. The Morgan fingerprint density at radius 2 is 1.41 bits per heavy atom. The molecule has 0 radical (unpaired) electrons. The van der Waals surface area contributed by atoms with Crippen LogP contribution in [-0.2, 0) is 14.3 Å². The van der Waals surface area contributed by atoms with E-state index in [2.05, 4.69) is 53.8 Å². The Bertz CT molecular complexity index is 1100. The maximum atomic E-state index is 13.4. The molecule has 4 aliphatic rings. The van der Waals surface area contributed by atoms with Gasteiger partial charge >= 0.3 is 0 Å². The lowest BCUT2D eigenvalue weighted by Crippen LogP contribution is -2.42. The number of benzene rings is 1. The first-order chi connectivity index (χ1) is 15.0. The van der Waals surface area contributed by atoms with E-state index in [0.29, 0.717) is 36.8 Å². The summed E-state index contributed by atoms with van der Waals surface area (Å²) in [6.45, 7) is 8.38. The maximum Gasteiger partial charge on any atom is 0.163 e. The lowest BCUT2D eigenvalue weighted by molar-refractivity contribution is -0.121. The summed E-state index contributed by atoms with van der Waals surface area (Å²) in [5.41, 5.74) is 2.70. The van der Waals surface area contributed by atoms with Crippen LogP contribution in [0.3, 0.4) is 0 Å². The third-order valence-corrected chi connectivity index (χ3v) is 7.36. The topological polar surface area (TPSA) is 68.1 Å². The van der Waals surface area contributed by atoms with Gasteiger partial charge in [-0.2, -0.15) is 10.2 Å². The lowest BCUT2D eigenvalue weighted by atomic mass is 9.63. The highest BCUT2D eigenvalue weighted by Crippen LogP contribution is 2.52. The first kappa shape index (κ1) is 21.5. The molecule has 0 saturated heterocycles. The number of carbonyl (C=O) groups excluding carboxylic acids is 2. The molecule has 5 nitrogen and oxygen atoms in total. The predicted molar refractivity (Wildman–Crippen MR) is 127 cm³/mol. The fourth-order valence-electron chi connectivity index (χ4n) is 5.50. The zero-order valence-corrected chi connectivity index (χ0v) is 20.5. The van der Waals surface area contributed by atoms with Gasteiger partial charge in [-0.25, -0.2) is 0 Å². The second-order valence-electron chi connectivity index (χ2n) is 10.9. The summed E-state index contributed by atoms with van der Waals surface area (Å²) < 4.78 is 7.36. The summed E-state index contributed by atoms with van der Waals surface area (Å²) in [4.78, 5) is 26.9. The fourth-order valence-corrected chi connectivity index (χ4v) is 5.77. The Morgan fingerprint density at radius 1 is 0.875 bits per heavy atom. The Hall–Kier alpha value is -2.34. The third-order valence-electron chi connectivity index (χ3n) is 6.83. The fraction of sp³-hybridized carbons (Fsp3) is 0.462. The molecule has 32 heavy (non-hydrogen) atoms. The number of hydrogen-bond acceptors (Lipinski definition) is 5. The molecule has 1 aromatic carbocycles. The molecule has 1 aromatic rings. The average molecular weight is 495 g/mol. The maximum absolute atomic E-state index is 13.4. The van der Waals surface area contributed by atoms with Gasteiger partial charge in [-0.3, -0.25) is 9.59 Å². The van der Waals surface area contributed by atoms with Crippen LogP contribution in [0.2, 0.25) is 0 Å². The molecule has 0 spiro atoms. The molecular formula is C26H27BrN2O3. The van der Waals surface area contributed by atoms with Crippen molar-refractivity contribution in [3.05, 3.63) is 57.0 Å². The number of ketones is 2. The van der Waals surface area contributed by atoms with Crippen LogP contribution in [-0.4, -0.2) is 23.5 Å². The second kappa shape index (κ2) is 7.34. The molecule has 2 aliphatic carbocycles. The molecule has 0 amide bonds. The van der Waals surface area contributed by atoms with E-state index in [9.17, 15) is 9.59 Å². The molecule has 0 N–H and O–H groups in total. The molecule has 0 saturated carbocycles. The smallest absolute Gasteiger partial charge is 0.163 e. The van der Waals surface area contributed by atoms with Gasteiger partial charge < -0.3 is 4.74 Å². The number of Topliss-reactive ketones (excluding diaryl/α,β-unsaturated/α-hetero) is 2. The van der Waals surface area contributed by atoms with Crippen LogP contribution < -0.4 is 0 Å². The largest absolute Gasteiger partial charge is 0.465 e. The van der Waals surface area contributed by atoms with E-state index in [-0.39, 0.29) is 28.3 Å². The minimum absolute atomic E-state index is 0.0703. The molecule has 0 fully saturated rings. The quantitative estimate of drug-likeness (QED) is 0.522. The first-order valence-corrected chi connectivity index (χ1v) is 11.9. The minimum Gasteiger partial charge on any atom is -0.465 e. The van der Waals surface area contributed by atoms with Crippen molar-refractivity contribution in [2.45, 2.75) is 53.4 Å². The van der Waals surface area contributed by atoms with Crippen LogP contribution in [0.4, 0.5) is 0 Å². The van der Waals surface area contributed by atoms with Crippen molar-refractivity contribution in [1.29, 1.82) is 0 Å². The molecule has 0 aromatic heterocycles. The SMILES string of the molecule is CC1(C)CC(=O)C2=C(C1)OC1=C(C(=O)CC(C)(C)C1)C2[C@@H]1C=NN=C1c1ccc(Br)cc1. The van der Waals surface area contributed by atoms with Crippen LogP contribution >= 0.6 is 15.9 Å². The second-order valence-corrected chi connectivity index (χ2v) is 11.8. The van der Waals surface area contributed by atoms with E-state index in [1.165, 1.54) is 0 Å². The Balaban J connectivity index is 1.66. The number of rotatable bonds is 2. The number of nitrogens with zero attached hydrogens (tertiary/aromatic N) is 2. The number of ether oxygens (including phenoxy) is 1. The monoisotopic (exact) mass is 494 g/mol. The van der Waals surface area contributed by atoms with Crippen molar-refractivity contribution in [1.82, 2.24) is 0 Å². The molecule has 0 bridgehead atoms. The lowest BCUT2D eigenvalue weighted by Gasteiger charge is -2.43. The van der Waals surface area contributed by atoms with E-state index in [4.69, 9.17) is 4.74 Å². The molecule has 166 valence electrons. The Morgan fingerprint density at radius 3 is 1.94 bits per heavy atom. The highest BCUT2D eigenvalue weighted by Gasteiger charge is 2.50. The first-order valence-electron chi connectivity index (χ1n) is 11.1. The highest BCUT2D eigenvalue weighted by molar-refractivity contribution is 9.10. The van der Waals surface area contributed by atoms with Gasteiger partial charge in [0.15, 0.2) is 11.6 Å². The normalized spacial score (nSPS) is 26.7. The average Bonchev–Trinajstić information content (AvgIpc) is 3.14. The van der Waals surface area contributed by atoms with Crippen molar-refractivity contribution in [3.63, 3.8) is 0 Å². The Labute approximate surface area is 196 Å². The molecule has 0 unspecified atom stereocenters. The third kappa shape index (κ3) is 3.62. The van der Waals surface area contributed by atoms with Crippen molar-refractivity contribution in [3.8, 4) is 0 Å². The molecule has 2 heterocycles. The standard InChI is InChI=1S/C26H27BrN2O3/c1-25(2)9-17(30)22-19(11-25)32-20-12-26(3,4)10-18(31)23(20)21(22)16-13-28-29-24(16)14-5-7-15(27)8-6-14/h5-8,13,16,21H,9-12H2,1-4H3/t16-/m0/s1. The summed E-state index contributed by atoms with van der Waals surface area (Å²) in [6.07, 6.45) is 4.06. The number of hydrogen-bond donors (Lipinski definition) is 0. The van der Waals surface area contributed by atoms with E-state index in [1.807, 2.05) is 24.3 Å². The highest BCUT2D eigenvalue weighted by atomic mass is 79.9. The van der Waals surface area contributed by atoms with Gasteiger partial charge in [-0.1, -0.05) is 55.8 Å². The summed E-state index contributed by atoms with van der Waals surface area (Å²) in [5.74, 6) is 0.939. The van der Waals surface area contributed by atoms with Crippen LogP contribution in [0.1, 0.15) is 58.9 Å². The molecule has 5 rings (SSSR count). The number of carbonyl (C=O) groups is 2. The van der Waals surface area contributed by atoms with Crippen LogP contribution in [0.15, 0.2) is 61.6 Å². The van der Waals surface area contributed by atoms with E-state index in [1.54, 1.807) is 6.21 Å².